The van der Waals surface area contributed by atoms with E-state index in [1.54, 1.807) is 0 Å². The number of ether oxygens (including phenoxy) is 1. The van der Waals surface area contributed by atoms with Crippen LogP contribution in [0.25, 0.3) is 0 Å². The van der Waals surface area contributed by atoms with Gasteiger partial charge in [0.15, 0.2) is 0 Å². The van der Waals surface area contributed by atoms with Crippen LogP contribution in [0.2, 0.25) is 0 Å². The molecule has 1 unspecified atom stereocenters. The van der Waals surface area contributed by atoms with Crippen molar-refractivity contribution in [1.29, 1.82) is 0 Å². The number of esters is 1. The van der Waals surface area contributed by atoms with Crippen molar-refractivity contribution in [2.24, 2.45) is 0 Å². The van der Waals surface area contributed by atoms with Gasteiger partial charge in [-0.15, -0.1) is 0 Å². The average molecular weight is 204 g/mol. The van der Waals surface area contributed by atoms with E-state index in [2.05, 4.69) is 19.9 Å². The third kappa shape index (κ3) is 1.89. The molecule has 15 heavy (non-hydrogen) atoms. The predicted octanol–water partition coefficient (Wildman–Crippen LogP) is 2.91. The third-order valence-electron chi connectivity index (χ3n) is 2.83. The molecule has 0 N–H and O–H groups in total. The summed E-state index contributed by atoms with van der Waals surface area (Å²) in [4.78, 5) is 11.6. The highest BCUT2D eigenvalue weighted by atomic mass is 16.5. The summed E-state index contributed by atoms with van der Waals surface area (Å²) < 4.78 is 5.17. The molecule has 0 amide bonds. The van der Waals surface area contributed by atoms with Crippen LogP contribution in [0.1, 0.15) is 48.2 Å². The van der Waals surface area contributed by atoms with Gasteiger partial charge in [0.1, 0.15) is 6.10 Å². The Balaban J connectivity index is 2.43. The largest absolute Gasteiger partial charge is 0.459 e. The van der Waals surface area contributed by atoms with Crippen LogP contribution in [-0.2, 0) is 11.2 Å². The van der Waals surface area contributed by atoms with Crippen molar-refractivity contribution in [3.63, 3.8) is 0 Å². The minimum Gasteiger partial charge on any atom is -0.459 e. The molecule has 0 saturated heterocycles. The highest BCUT2D eigenvalue weighted by molar-refractivity contribution is 5.92. The fraction of sp³-hybridized carbons (Fsp3) is 0.462. The summed E-state index contributed by atoms with van der Waals surface area (Å²) in [6, 6.07) is 6.04. The van der Waals surface area contributed by atoms with Gasteiger partial charge in [0, 0.05) is 6.42 Å². The summed E-state index contributed by atoms with van der Waals surface area (Å²) in [5.41, 5.74) is 3.15. The molecule has 1 aromatic carbocycles. The number of hydrogen-bond donors (Lipinski definition) is 0. The Kier molecular flexibility index (Phi) is 2.51. The van der Waals surface area contributed by atoms with Crippen LogP contribution in [0.5, 0.6) is 0 Å². The first kappa shape index (κ1) is 10.2. The average Bonchev–Trinajstić information content (AvgIpc) is 2.16. The minimum absolute atomic E-state index is 0.00686. The highest BCUT2D eigenvalue weighted by Crippen LogP contribution is 2.24. The van der Waals surface area contributed by atoms with Crippen LogP contribution in [0.15, 0.2) is 18.2 Å². The number of rotatable bonds is 1. The monoisotopic (exact) mass is 204 g/mol. The second-order valence-electron chi connectivity index (χ2n) is 4.49. The van der Waals surface area contributed by atoms with E-state index >= 15 is 0 Å². The molecule has 2 nitrogen and oxygen atoms in total. The molecule has 80 valence electrons. The van der Waals surface area contributed by atoms with E-state index < -0.39 is 0 Å². The molecular weight excluding hydrogens is 188 g/mol. The molecule has 1 heterocycles. The zero-order valence-electron chi connectivity index (χ0n) is 9.41. The Morgan fingerprint density at radius 2 is 2.13 bits per heavy atom. The molecule has 1 atom stereocenters. The first-order valence-electron chi connectivity index (χ1n) is 5.41. The maximum atomic E-state index is 11.6. The van der Waals surface area contributed by atoms with Crippen molar-refractivity contribution < 1.29 is 9.53 Å². The van der Waals surface area contributed by atoms with Crippen LogP contribution in [0, 0.1) is 0 Å². The van der Waals surface area contributed by atoms with Crippen molar-refractivity contribution in [2.75, 3.05) is 0 Å². The van der Waals surface area contributed by atoms with Crippen molar-refractivity contribution in [2.45, 2.75) is 39.2 Å². The van der Waals surface area contributed by atoms with Crippen LogP contribution in [-0.4, -0.2) is 12.1 Å². The van der Waals surface area contributed by atoms with Gasteiger partial charge in [-0.25, -0.2) is 4.79 Å². The Morgan fingerprint density at radius 3 is 2.80 bits per heavy atom. The Morgan fingerprint density at radius 1 is 1.40 bits per heavy atom. The van der Waals surface area contributed by atoms with Crippen molar-refractivity contribution in [3.8, 4) is 0 Å². The van der Waals surface area contributed by atoms with Gasteiger partial charge >= 0.3 is 5.97 Å². The SMILES string of the molecule is CC1Cc2cc(C(C)C)ccc2C(=O)O1. The van der Waals surface area contributed by atoms with Gasteiger partial charge < -0.3 is 4.74 Å². The minimum atomic E-state index is -0.181. The molecule has 0 saturated carbocycles. The molecule has 0 fully saturated rings. The maximum absolute atomic E-state index is 11.6. The van der Waals surface area contributed by atoms with E-state index in [0.29, 0.717) is 5.92 Å². The quantitative estimate of drug-likeness (QED) is 0.657. The Labute approximate surface area is 90.3 Å². The molecule has 1 aliphatic rings. The second-order valence-corrected chi connectivity index (χ2v) is 4.49. The molecule has 1 aromatic rings. The lowest BCUT2D eigenvalue weighted by atomic mass is 9.93. The zero-order chi connectivity index (χ0) is 11.0. The molecule has 0 spiro atoms. The smallest absolute Gasteiger partial charge is 0.338 e. The van der Waals surface area contributed by atoms with Crippen molar-refractivity contribution in [3.05, 3.63) is 34.9 Å². The first-order chi connectivity index (χ1) is 7.08. The van der Waals surface area contributed by atoms with Crippen LogP contribution < -0.4 is 0 Å². The number of fused-ring (bicyclic) bond motifs is 1. The van der Waals surface area contributed by atoms with Gasteiger partial charge in [0.25, 0.3) is 0 Å². The lowest BCUT2D eigenvalue weighted by Crippen LogP contribution is -2.25. The van der Waals surface area contributed by atoms with Gasteiger partial charge in [-0.05, 0) is 30.0 Å². The summed E-state index contributed by atoms with van der Waals surface area (Å²) in [5.74, 6) is 0.322. The molecule has 0 aromatic heterocycles. The Bertz CT molecular complexity index is 394. The normalized spacial score (nSPS) is 20.0. The molecule has 1 aliphatic heterocycles. The third-order valence-corrected chi connectivity index (χ3v) is 2.83. The molecule has 2 heteroatoms. The first-order valence-corrected chi connectivity index (χ1v) is 5.41. The van der Waals surface area contributed by atoms with E-state index in [1.165, 1.54) is 5.56 Å². The number of hydrogen-bond acceptors (Lipinski definition) is 2. The molecule has 0 aliphatic carbocycles. The molecule has 2 rings (SSSR count). The van der Waals surface area contributed by atoms with Crippen LogP contribution in [0.4, 0.5) is 0 Å². The van der Waals surface area contributed by atoms with E-state index in [-0.39, 0.29) is 12.1 Å². The molecule has 0 radical (unpaired) electrons. The summed E-state index contributed by atoms with van der Waals surface area (Å²) >= 11 is 0. The van der Waals surface area contributed by atoms with Crippen molar-refractivity contribution >= 4 is 5.97 Å². The topological polar surface area (TPSA) is 26.3 Å². The molecular formula is C13H16O2. The van der Waals surface area contributed by atoms with Gasteiger partial charge in [0.05, 0.1) is 5.56 Å². The second kappa shape index (κ2) is 3.69. The van der Waals surface area contributed by atoms with Gasteiger partial charge in [-0.3, -0.25) is 0 Å². The number of carbonyl (C=O) groups excluding carboxylic acids is 1. The van der Waals surface area contributed by atoms with Gasteiger partial charge in [-0.1, -0.05) is 26.0 Å². The van der Waals surface area contributed by atoms with E-state index in [4.69, 9.17) is 4.74 Å². The van der Waals surface area contributed by atoms with Crippen LogP contribution >= 0.6 is 0 Å². The van der Waals surface area contributed by atoms with Crippen LogP contribution in [0.3, 0.4) is 0 Å². The Hall–Kier alpha value is -1.31. The lowest BCUT2D eigenvalue weighted by molar-refractivity contribution is 0.0301. The lowest BCUT2D eigenvalue weighted by Gasteiger charge is -2.22. The van der Waals surface area contributed by atoms with E-state index in [0.717, 1.165) is 17.5 Å². The highest BCUT2D eigenvalue weighted by Gasteiger charge is 2.23. The van der Waals surface area contributed by atoms with E-state index in [1.807, 2.05) is 19.1 Å². The summed E-state index contributed by atoms with van der Waals surface area (Å²) in [6.45, 7) is 6.25. The number of carbonyl (C=O) groups is 1. The van der Waals surface area contributed by atoms with Gasteiger partial charge in [0.2, 0.25) is 0 Å². The fourth-order valence-electron chi connectivity index (χ4n) is 1.94. The standard InChI is InChI=1S/C13H16O2/c1-8(2)10-4-5-12-11(7-10)6-9(3)15-13(12)14/h4-5,7-9H,6H2,1-3H3. The maximum Gasteiger partial charge on any atom is 0.338 e. The zero-order valence-corrected chi connectivity index (χ0v) is 9.41. The molecule has 0 bridgehead atoms. The summed E-state index contributed by atoms with van der Waals surface area (Å²) in [7, 11) is 0. The summed E-state index contributed by atoms with van der Waals surface area (Å²) in [5, 5.41) is 0. The van der Waals surface area contributed by atoms with Gasteiger partial charge in [-0.2, -0.15) is 0 Å². The van der Waals surface area contributed by atoms with E-state index in [9.17, 15) is 4.79 Å². The number of benzene rings is 1. The summed E-state index contributed by atoms with van der Waals surface area (Å²) in [6.07, 6.45) is 0.842. The van der Waals surface area contributed by atoms with Crippen molar-refractivity contribution in [1.82, 2.24) is 0 Å². The number of cyclic esters (lactones) is 1. The fourth-order valence-corrected chi connectivity index (χ4v) is 1.94. The predicted molar refractivity (Wildman–Crippen MR) is 59.1 cm³/mol.